The Morgan fingerprint density at radius 3 is 2.38 bits per heavy atom. The summed E-state index contributed by atoms with van der Waals surface area (Å²) in [6, 6.07) is 10.7. The van der Waals surface area contributed by atoms with Gasteiger partial charge in [-0.25, -0.2) is 0 Å². The van der Waals surface area contributed by atoms with E-state index in [0.717, 1.165) is 21.6 Å². The maximum atomic E-state index is 6.52. The van der Waals surface area contributed by atoms with Crippen molar-refractivity contribution in [2.45, 2.75) is 33.7 Å². The first kappa shape index (κ1) is 16.5. The normalized spacial score (nSPS) is 12.5. The van der Waals surface area contributed by atoms with Crippen molar-refractivity contribution in [2.24, 2.45) is 0 Å². The molecule has 2 aromatic rings. The molecule has 3 heteroatoms. The SMILES string of the molecule is CCNC(c1cc(C)c(C)cc1Cl)c1cccc(C)c1Br. The first-order valence-corrected chi connectivity index (χ1v) is 8.37. The average molecular weight is 367 g/mol. The minimum Gasteiger partial charge on any atom is -0.306 e. The largest absolute Gasteiger partial charge is 0.306 e. The van der Waals surface area contributed by atoms with Crippen molar-refractivity contribution in [3.8, 4) is 0 Å². The second kappa shape index (κ2) is 6.95. The van der Waals surface area contributed by atoms with Gasteiger partial charge in [-0.3, -0.25) is 0 Å². The van der Waals surface area contributed by atoms with Crippen LogP contribution in [0.5, 0.6) is 0 Å². The van der Waals surface area contributed by atoms with E-state index in [9.17, 15) is 0 Å². The van der Waals surface area contributed by atoms with Crippen molar-refractivity contribution in [3.63, 3.8) is 0 Å². The molecule has 1 unspecified atom stereocenters. The minimum absolute atomic E-state index is 0.0936. The van der Waals surface area contributed by atoms with Crippen LogP contribution in [0.3, 0.4) is 0 Å². The van der Waals surface area contributed by atoms with E-state index in [2.05, 4.69) is 79.3 Å². The molecule has 112 valence electrons. The summed E-state index contributed by atoms with van der Waals surface area (Å²) in [6.07, 6.45) is 0. The summed E-state index contributed by atoms with van der Waals surface area (Å²) in [7, 11) is 0. The Morgan fingerprint density at radius 2 is 1.71 bits per heavy atom. The molecular formula is C18H21BrClN. The summed E-state index contributed by atoms with van der Waals surface area (Å²) in [4.78, 5) is 0. The van der Waals surface area contributed by atoms with Gasteiger partial charge in [0.25, 0.3) is 0 Å². The molecule has 0 aliphatic heterocycles. The standard InChI is InChI=1S/C18H21BrClN/c1-5-21-18(14-8-6-7-11(2)17(14)19)15-9-12(3)13(4)10-16(15)20/h6-10,18,21H,5H2,1-4H3. The molecule has 0 spiro atoms. The molecule has 1 atom stereocenters. The number of rotatable bonds is 4. The molecule has 21 heavy (non-hydrogen) atoms. The fourth-order valence-electron chi connectivity index (χ4n) is 2.51. The summed E-state index contributed by atoms with van der Waals surface area (Å²) in [6.45, 7) is 9.33. The van der Waals surface area contributed by atoms with Gasteiger partial charge in [-0.15, -0.1) is 0 Å². The fraction of sp³-hybridized carbons (Fsp3) is 0.333. The van der Waals surface area contributed by atoms with Gasteiger partial charge in [0, 0.05) is 9.50 Å². The molecule has 0 radical (unpaired) electrons. The van der Waals surface area contributed by atoms with Crippen LogP contribution in [0.2, 0.25) is 5.02 Å². The Kier molecular flexibility index (Phi) is 5.48. The van der Waals surface area contributed by atoms with Crippen LogP contribution in [0.25, 0.3) is 0 Å². The van der Waals surface area contributed by atoms with Gasteiger partial charge in [0.15, 0.2) is 0 Å². The van der Waals surface area contributed by atoms with Crippen LogP contribution in [0.1, 0.15) is 40.8 Å². The third-order valence-corrected chi connectivity index (χ3v) is 5.28. The lowest BCUT2D eigenvalue weighted by Gasteiger charge is -2.23. The number of hydrogen-bond donors (Lipinski definition) is 1. The van der Waals surface area contributed by atoms with E-state index in [4.69, 9.17) is 11.6 Å². The molecule has 0 bridgehead atoms. The summed E-state index contributed by atoms with van der Waals surface area (Å²) < 4.78 is 1.14. The lowest BCUT2D eigenvalue weighted by molar-refractivity contribution is 0.627. The predicted molar refractivity (Wildman–Crippen MR) is 95.3 cm³/mol. The quantitative estimate of drug-likeness (QED) is 0.729. The number of nitrogens with one attached hydrogen (secondary N) is 1. The maximum absolute atomic E-state index is 6.52. The van der Waals surface area contributed by atoms with Gasteiger partial charge in [-0.05, 0) is 61.2 Å². The van der Waals surface area contributed by atoms with Crippen molar-refractivity contribution in [2.75, 3.05) is 6.54 Å². The van der Waals surface area contributed by atoms with Crippen molar-refractivity contribution in [1.82, 2.24) is 5.32 Å². The molecule has 1 nitrogen and oxygen atoms in total. The van der Waals surface area contributed by atoms with Crippen LogP contribution >= 0.6 is 27.5 Å². The van der Waals surface area contributed by atoms with E-state index in [1.54, 1.807) is 0 Å². The Balaban J connectivity index is 2.59. The van der Waals surface area contributed by atoms with Gasteiger partial charge in [-0.2, -0.15) is 0 Å². The van der Waals surface area contributed by atoms with E-state index in [0.29, 0.717) is 0 Å². The molecular weight excluding hydrogens is 346 g/mol. The van der Waals surface area contributed by atoms with Crippen molar-refractivity contribution < 1.29 is 0 Å². The number of benzene rings is 2. The van der Waals surface area contributed by atoms with Crippen LogP contribution in [0, 0.1) is 20.8 Å². The van der Waals surface area contributed by atoms with Gasteiger partial charge in [0.1, 0.15) is 0 Å². The van der Waals surface area contributed by atoms with Crippen LogP contribution in [-0.4, -0.2) is 6.54 Å². The first-order chi connectivity index (χ1) is 9.95. The zero-order valence-corrected chi connectivity index (χ0v) is 15.3. The molecule has 0 amide bonds. The zero-order valence-electron chi connectivity index (χ0n) is 12.9. The topological polar surface area (TPSA) is 12.0 Å². The summed E-state index contributed by atoms with van der Waals surface area (Å²) >= 11 is 10.2. The van der Waals surface area contributed by atoms with E-state index in [1.807, 2.05) is 0 Å². The minimum atomic E-state index is 0.0936. The van der Waals surface area contributed by atoms with Crippen molar-refractivity contribution in [1.29, 1.82) is 0 Å². The maximum Gasteiger partial charge on any atom is 0.0602 e. The molecule has 2 aromatic carbocycles. The third-order valence-electron chi connectivity index (χ3n) is 3.86. The fourth-order valence-corrected chi connectivity index (χ4v) is 3.33. The van der Waals surface area contributed by atoms with Crippen LogP contribution < -0.4 is 5.32 Å². The second-order valence-corrected chi connectivity index (χ2v) is 6.63. The molecule has 0 saturated heterocycles. The van der Waals surface area contributed by atoms with Gasteiger partial charge in [0.05, 0.1) is 6.04 Å². The summed E-state index contributed by atoms with van der Waals surface area (Å²) in [5.74, 6) is 0. The van der Waals surface area contributed by atoms with Crippen LogP contribution in [0.4, 0.5) is 0 Å². The molecule has 0 aromatic heterocycles. The van der Waals surface area contributed by atoms with E-state index < -0.39 is 0 Å². The Labute approximate surface area is 140 Å². The summed E-state index contributed by atoms with van der Waals surface area (Å²) in [5, 5.41) is 4.37. The van der Waals surface area contributed by atoms with Crippen molar-refractivity contribution in [3.05, 3.63) is 67.6 Å². The monoisotopic (exact) mass is 365 g/mol. The van der Waals surface area contributed by atoms with Crippen LogP contribution in [-0.2, 0) is 0 Å². The average Bonchev–Trinajstić information content (AvgIpc) is 2.44. The first-order valence-electron chi connectivity index (χ1n) is 7.20. The van der Waals surface area contributed by atoms with Crippen molar-refractivity contribution >= 4 is 27.5 Å². The lowest BCUT2D eigenvalue weighted by Crippen LogP contribution is -2.23. The highest BCUT2D eigenvalue weighted by Crippen LogP contribution is 2.35. The lowest BCUT2D eigenvalue weighted by atomic mass is 9.94. The molecule has 1 N–H and O–H groups in total. The number of aryl methyl sites for hydroxylation is 3. The Bertz CT molecular complexity index is 652. The number of halogens is 2. The highest BCUT2D eigenvalue weighted by atomic mass is 79.9. The van der Waals surface area contributed by atoms with E-state index in [-0.39, 0.29) is 6.04 Å². The van der Waals surface area contributed by atoms with E-state index >= 15 is 0 Å². The van der Waals surface area contributed by atoms with E-state index in [1.165, 1.54) is 22.3 Å². The zero-order chi connectivity index (χ0) is 15.6. The second-order valence-electron chi connectivity index (χ2n) is 5.43. The molecule has 0 fully saturated rings. The highest BCUT2D eigenvalue weighted by molar-refractivity contribution is 9.10. The molecule has 0 aliphatic carbocycles. The van der Waals surface area contributed by atoms with Gasteiger partial charge in [0.2, 0.25) is 0 Å². The molecule has 0 heterocycles. The Hall–Kier alpha value is -0.830. The van der Waals surface area contributed by atoms with Gasteiger partial charge < -0.3 is 5.32 Å². The number of hydrogen-bond acceptors (Lipinski definition) is 1. The third kappa shape index (κ3) is 3.50. The molecule has 0 saturated carbocycles. The molecule has 2 rings (SSSR count). The molecule has 0 aliphatic rings. The van der Waals surface area contributed by atoms with Crippen LogP contribution in [0.15, 0.2) is 34.8 Å². The summed E-state index contributed by atoms with van der Waals surface area (Å²) in [5.41, 5.74) is 6.08. The van der Waals surface area contributed by atoms with Gasteiger partial charge in [-0.1, -0.05) is 58.7 Å². The highest BCUT2D eigenvalue weighted by Gasteiger charge is 2.20. The Morgan fingerprint density at radius 1 is 1.05 bits per heavy atom. The predicted octanol–water partition coefficient (Wildman–Crippen LogP) is 5.73. The van der Waals surface area contributed by atoms with Gasteiger partial charge >= 0.3 is 0 Å². The smallest absolute Gasteiger partial charge is 0.0602 e.